The summed E-state index contributed by atoms with van der Waals surface area (Å²) >= 11 is 0. The van der Waals surface area contributed by atoms with Crippen LogP contribution in [0, 0.1) is 0 Å². The van der Waals surface area contributed by atoms with E-state index < -0.39 is 24.4 Å². The Bertz CT molecular complexity index is 888. The third-order valence-electron chi connectivity index (χ3n) is 3.18. The van der Waals surface area contributed by atoms with E-state index in [0.29, 0.717) is 10.3 Å². The minimum Gasteiger partial charge on any atom is -0.382 e. The van der Waals surface area contributed by atoms with E-state index in [1.54, 1.807) is 30.3 Å². The van der Waals surface area contributed by atoms with Crippen LogP contribution in [0.1, 0.15) is 0 Å². The zero-order chi connectivity index (χ0) is 16.6. The second-order valence-corrected chi connectivity index (χ2v) is 4.77. The lowest BCUT2D eigenvalue weighted by Crippen LogP contribution is -2.36. The molecule has 1 unspecified atom stereocenters. The second kappa shape index (κ2) is 5.47. The lowest BCUT2D eigenvalue weighted by molar-refractivity contribution is -0.207. The summed E-state index contributed by atoms with van der Waals surface area (Å²) in [4.78, 5) is 16.1. The molecular weight excluding hydrogens is 315 g/mol. The van der Waals surface area contributed by atoms with Crippen molar-refractivity contribution in [3.63, 3.8) is 0 Å². The molecule has 10 heteroatoms. The number of alkyl halides is 3. The molecule has 0 spiro atoms. The largest absolute Gasteiger partial charge is 0.416 e. The Hall–Kier alpha value is -2.75. The van der Waals surface area contributed by atoms with Gasteiger partial charge in [-0.05, 0) is 12.1 Å². The summed E-state index contributed by atoms with van der Waals surface area (Å²) in [6.07, 6.45) is -6.55. The minimum atomic E-state index is -4.82. The van der Waals surface area contributed by atoms with E-state index in [1.165, 1.54) is 4.68 Å². The van der Waals surface area contributed by atoms with Crippen molar-refractivity contribution in [1.29, 1.82) is 0 Å². The molecule has 7 nitrogen and oxygen atoms in total. The molecule has 1 atom stereocenters. The summed E-state index contributed by atoms with van der Waals surface area (Å²) in [6.45, 7) is -0.955. The maximum atomic E-state index is 12.4. The van der Waals surface area contributed by atoms with E-state index in [4.69, 9.17) is 5.11 Å². The lowest BCUT2D eigenvalue weighted by atomic mass is 10.3. The Kier molecular flexibility index (Phi) is 3.60. The molecular formula is C13H10F3N5O2. The number of rotatable bonds is 3. The normalized spacial score (nSPS) is 13.4. The average Bonchev–Trinajstić information content (AvgIpc) is 2.94. The summed E-state index contributed by atoms with van der Waals surface area (Å²) in [5, 5.41) is 16.5. The summed E-state index contributed by atoms with van der Waals surface area (Å²) in [6, 6.07) is 8.73. The fourth-order valence-corrected chi connectivity index (χ4v) is 2.01. The molecule has 0 bridgehead atoms. The van der Waals surface area contributed by atoms with Crippen LogP contribution in [0.5, 0.6) is 0 Å². The molecule has 0 aliphatic rings. The fraction of sp³-hybridized carbons (Fsp3) is 0.231. The van der Waals surface area contributed by atoms with Gasteiger partial charge in [-0.2, -0.15) is 17.9 Å². The predicted octanol–water partition coefficient (Wildman–Crippen LogP) is 0.900. The van der Waals surface area contributed by atoms with Gasteiger partial charge in [0.1, 0.15) is 6.33 Å². The monoisotopic (exact) mass is 325 g/mol. The molecule has 0 fully saturated rings. The number of hydrogen-bond acceptors (Lipinski definition) is 5. The number of para-hydroxylation sites is 1. The van der Waals surface area contributed by atoms with Gasteiger partial charge in [0, 0.05) is 0 Å². The van der Waals surface area contributed by atoms with Gasteiger partial charge >= 0.3 is 6.18 Å². The second-order valence-electron chi connectivity index (χ2n) is 4.77. The number of aliphatic hydroxyl groups excluding tert-OH is 1. The van der Waals surface area contributed by atoms with Gasteiger partial charge in [0.05, 0.1) is 12.2 Å². The van der Waals surface area contributed by atoms with Crippen LogP contribution in [-0.2, 0) is 6.54 Å². The van der Waals surface area contributed by atoms with Crippen LogP contribution < -0.4 is 5.56 Å². The van der Waals surface area contributed by atoms with Gasteiger partial charge in [0.15, 0.2) is 17.3 Å². The summed E-state index contributed by atoms with van der Waals surface area (Å²) in [5.41, 5.74) is -0.250. The van der Waals surface area contributed by atoms with Crippen molar-refractivity contribution in [1.82, 2.24) is 24.5 Å². The Labute approximate surface area is 126 Å². The topological polar surface area (TPSA) is 85.8 Å². The molecule has 3 rings (SSSR count). The van der Waals surface area contributed by atoms with Crippen LogP contribution in [0.3, 0.4) is 0 Å². The number of benzene rings is 1. The van der Waals surface area contributed by atoms with Gasteiger partial charge in [0.2, 0.25) is 0 Å². The Balaban J connectivity index is 2.04. The van der Waals surface area contributed by atoms with E-state index in [9.17, 15) is 18.0 Å². The van der Waals surface area contributed by atoms with E-state index in [1.807, 2.05) is 0 Å². The molecule has 2 heterocycles. The molecule has 3 aromatic rings. The Morgan fingerprint density at radius 2 is 1.91 bits per heavy atom. The minimum absolute atomic E-state index is 0.124. The highest BCUT2D eigenvalue weighted by Crippen LogP contribution is 2.21. The molecule has 0 saturated carbocycles. The van der Waals surface area contributed by atoms with Crippen molar-refractivity contribution in [3.05, 3.63) is 47.0 Å². The zero-order valence-corrected chi connectivity index (χ0v) is 11.5. The molecule has 2 aromatic heterocycles. The zero-order valence-electron chi connectivity index (χ0n) is 11.5. The highest BCUT2D eigenvalue weighted by atomic mass is 19.4. The maximum absolute atomic E-state index is 12.4. The first-order chi connectivity index (χ1) is 10.9. The summed E-state index contributed by atoms with van der Waals surface area (Å²) in [5.74, 6) is 0. The highest BCUT2D eigenvalue weighted by Gasteiger charge is 2.38. The molecule has 0 aliphatic heterocycles. The van der Waals surface area contributed by atoms with Crippen LogP contribution in [0.4, 0.5) is 13.2 Å². The van der Waals surface area contributed by atoms with Gasteiger partial charge in [-0.3, -0.25) is 9.36 Å². The molecule has 0 radical (unpaired) electrons. The van der Waals surface area contributed by atoms with Crippen molar-refractivity contribution in [2.24, 2.45) is 0 Å². The molecule has 1 aromatic carbocycles. The molecule has 0 aliphatic carbocycles. The van der Waals surface area contributed by atoms with Crippen LogP contribution in [0.25, 0.3) is 16.9 Å². The third kappa shape index (κ3) is 2.80. The standard InChI is InChI=1S/C13H10F3N5O2/c14-13(15,16)9(22)6-20-7-17-11-10(12(20)23)18-19-21(11)8-4-2-1-3-5-8/h1-5,7,9,22H,6H2. The lowest BCUT2D eigenvalue weighted by Gasteiger charge is -2.15. The number of fused-ring (bicyclic) bond motifs is 1. The van der Waals surface area contributed by atoms with E-state index in [-0.39, 0.29) is 11.2 Å². The number of halogens is 3. The Morgan fingerprint density at radius 3 is 2.57 bits per heavy atom. The van der Waals surface area contributed by atoms with Crippen molar-refractivity contribution < 1.29 is 18.3 Å². The molecule has 0 amide bonds. The number of aliphatic hydroxyl groups is 1. The van der Waals surface area contributed by atoms with Gasteiger partial charge in [-0.1, -0.05) is 23.4 Å². The van der Waals surface area contributed by atoms with Gasteiger partial charge in [-0.25, -0.2) is 4.98 Å². The van der Waals surface area contributed by atoms with Crippen molar-refractivity contribution in [3.8, 4) is 5.69 Å². The molecule has 120 valence electrons. The number of aromatic nitrogens is 5. The van der Waals surface area contributed by atoms with Crippen molar-refractivity contribution in [2.75, 3.05) is 0 Å². The first-order valence-corrected chi connectivity index (χ1v) is 6.49. The molecule has 23 heavy (non-hydrogen) atoms. The average molecular weight is 325 g/mol. The molecule has 1 N–H and O–H groups in total. The van der Waals surface area contributed by atoms with Crippen LogP contribution >= 0.6 is 0 Å². The van der Waals surface area contributed by atoms with E-state index in [2.05, 4.69) is 15.3 Å². The fourth-order valence-electron chi connectivity index (χ4n) is 2.01. The van der Waals surface area contributed by atoms with Gasteiger partial charge in [-0.15, -0.1) is 5.10 Å². The first kappa shape index (κ1) is 15.2. The predicted molar refractivity (Wildman–Crippen MR) is 73.0 cm³/mol. The highest BCUT2D eigenvalue weighted by molar-refractivity contribution is 5.70. The smallest absolute Gasteiger partial charge is 0.382 e. The van der Waals surface area contributed by atoms with Crippen molar-refractivity contribution in [2.45, 2.75) is 18.8 Å². The third-order valence-corrected chi connectivity index (χ3v) is 3.18. The number of nitrogens with zero attached hydrogens (tertiary/aromatic N) is 5. The SMILES string of the molecule is O=c1c2nnn(-c3ccccc3)c2ncn1CC(O)C(F)(F)F. The van der Waals surface area contributed by atoms with Crippen LogP contribution in [0.2, 0.25) is 0 Å². The Morgan fingerprint density at radius 1 is 1.22 bits per heavy atom. The quantitative estimate of drug-likeness (QED) is 0.773. The summed E-state index contributed by atoms with van der Waals surface area (Å²) in [7, 11) is 0. The van der Waals surface area contributed by atoms with Crippen LogP contribution in [-0.4, -0.2) is 41.9 Å². The van der Waals surface area contributed by atoms with Gasteiger partial charge < -0.3 is 5.11 Å². The number of hydrogen-bond donors (Lipinski definition) is 1. The van der Waals surface area contributed by atoms with Crippen molar-refractivity contribution >= 4 is 11.2 Å². The van der Waals surface area contributed by atoms with Gasteiger partial charge in [0.25, 0.3) is 5.56 Å². The van der Waals surface area contributed by atoms with E-state index >= 15 is 0 Å². The van der Waals surface area contributed by atoms with E-state index in [0.717, 1.165) is 6.33 Å². The maximum Gasteiger partial charge on any atom is 0.416 e. The van der Waals surface area contributed by atoms with Crippen LogP contribution in [0.15, 0.2) is 41.5 Å². The first-order valence-electron chi connectivity index (χ1n) is 6.49. The summed E-state index contributed by atoms with van der Waals surface area (Å²) < 4.78 is 39.1. The molecule has 0 saturated heterocycles.